The number of hydrogen-bond donors (Lipinski definition) is 2. The number of nitrogens with zero attached hydrogens (tertiary/aromatic N) is 3. The zero-order valence-corrected chi connectivity index (χ0v) is 22.6. The van der Waals surface area contributed by atoms with E-state index in [0.29, 0.717) is 10.7 Å². The number of alkyl halides is 3. The number of anilines is 2. The summed E-state index contributed by atoms with van der Waals surface area (Å²) in [7, 11) is 0. The van der Waals surface area contributed by atoms with Crippen LogP contribution in [-0.2, 0) is 12.7 Å². The molecule has 12 heteroatoms. The topological polar surface area (TPSA) is 110 Å². The number of thiazole rings is 1. The van der Waals surface area contributed by atoms with Crippen molar-refractivity contribution in [2.24, 2.45) is 0 Å². The van der Waals surface area contributed by atoms with Crippen molar-refractivity contribution in [2.45, 2.75) is 39.5 Å². The van der Waals surface area contributed by atoms with E-state index >= 15 is 0 Å². The number of carboxylic acids is 1. The second-order valence-electron chi connectivity index (χ2n) is 9.28. The minimum absolute atomic E-state index is 0.0730. The van der Waals surface area contributed by atoms with E-state index in [-0.39, 0.29) is 29.1 Å². The molecule has 2 aromatic carbocycles. The molecule has 4 aromatic rings. The molecule has 0 bridgehead atoms. The van der Waals surface area contributed by atoms with Gasteiger partial charge in [0.2, 0.25) is 5.88 Å². The van der Waals surface area contributed by atoms with Gasteiger partial charge in [0, 0.05) is 28.7 Å². The van der Waals surface area contributed by atoms with Crippen LogP contribution in [0.4, 0.5) is 24.0 Å². The standard InChI is InChI=1S/C28H25F3N4O4S/c1-16(2)35(25(36)19-6-4-17(3)5-7-19)23-9-8-20(13-21(23)26(37)38)39-24-22(28(29,30)31)12-18(14-33-24)15-34-10-11-40-27(34)32/h4-14,16,32H,15H2,1-3H3,(H,37,38)/p+1. The summed E-state index contributed by atoms with van der Waals surface area (Å²) in [5.74, 6) is -2.73. The minimum atomic E-state index is -4.80. The molecule has 0 saturated heterocycles. The van der Waals surface area contributed by atoms with E-state index < -0.39 is 35.5 Å². The highest BCUT2D eigenvalue weighted by molar-refractivity contribution is 7.12. The Bertz CT molecular complexity index is 1550. The number of benzene rings is 2. The predicted octanol–water partition coefficient (Wildman–Crippen LogP) is 5.93. The monoisotopic (exact) mass is 571 g/mol. The number of nitrogen functional groups attached to an aromatic ring is 1. The van der Waals surface area contributed by atoms with Crippen LogP contribution in [0.5, 0.6) is 11.6 Å². The third-order valence-electron chi connectivity index (χ3n) is 5.98. The quantitative estimate of drug-likeness (QED) is 0.254. The van der Waals surface area contributed by atoms with Crippen LogP contribution in [0.25, 0.3) is 0 Å². The highest BCUT2D eigenvalue weighted by Crippen LogP contribution is 2.38. The van der Waals surface area contributed by atoms with Gasteiger partial charge in [0.05, 0.1) is 11.3 Å². The van der Waals surface area contributed by atoms with Crippen molar-refractivity contribution in [1.29, 1.82) is 0 Å². The number of carbonyl (C=O) groups is 2. The SMILES string of the molecule is Cc1ccc(C(=O)N(c2ccc(Oc3ncc(C[n+]4ccsc4N)cc3C(F)(F)F)cc2C(=O)O)C(C)C)cc1. The smallest absolute Gasteiger partial charge is 0.421 e. The van der Waals surface area contributed by atoms with Gasteiger partial charge < -0.3 is 14.7 Å². The lowest BCUT2D eigenvalue weighted by Gasteiger charge is -2.28. The first kappa shape index (κ1) is 28.6. The lowest BCUT2D eigenvalue weighted by molar-refractivity contribution is -0.669. The van der Waals surface area contributed by atoms with E-state index in [2.05, 4.69) is 4.98 Å². The molecule has 3 N–H and O–H groups in total. The molecule has 40 heavy (non-hydrogen) atoms. The van der Waals surface area contributed by atoms with Gasteiger partial charge >= 0.3 is 17.3 Å². The fraction of sp³-hybridized carbons (Fsp3) is 0.214. The van der Waals surface area contributed by atoms with Crippen LogP contribution in [0.15, 0.2) is 66.3 Å². The van der Waals surface area contributed by atoms with E-state index in [1.165, 1.54) is 34.6 Å². The average molecular weight is 572 g/mol. The molecule has 0 aliphatic heterocycles. The molecular formula is C28H26F3N4O4S+. The Kier molecular flexibility index (Phi) is 8.10. The number of aromatic carboxylic acids is 1. The molecule has 0 aliphatic carbocycles. The number of aryl methyl sites for hydroxylation is 1. The van der Waals surface area contributed by atoms with E-state index in [0.717, 1.165) is 17.7 Å². The summed E-state index contributed by atoms with van der Waals surface area (Å²) < 4.78 is 48.9. The van der Waals surface area contributed by atoms with Crippen molar-refractivity contribution in [3.05, 3.63) is 94.1 Å². The molecule has 0 fully saturated rings. The van der Waals surface area contributed by atoms with Gasteiger partial charge in [-0.3, -0.25) is 10.5 Å². The number of rotatable bonds is 8. The summed E-state index contributed by atoms with van der Waals surface area (Å²) in [6.45, 7) is 5.40. The van der Waals surface area contributed by atoms with Gasteiger partial charge in [-0.1, -0.05) is 29.0 Å². The van der Waals surface area contributed by atoms with Crippen LogP contribution in [0, 0.1) is 6.92 Å². The lowest BCUT2D eigenvalue weighted by atomic mass is 10.1. The Labute approximate surface area is 232 Å². The van der Waals surface area contributed by atoms with Gasteiger partial charge in [-0.05, 0) is 57.2 Å². The predicted molar refractivity (Wildman–Crippen MR) is 144 cm³/mol. The molecule has 4 rings (SSSR count). The van der Waals surface area contributed by atoms with Crippen molar-refractivity contribution in [3.8, 4) is 11.6 Å². The normalized spacial score (nSPS) is 11.5. The number of ether oxygens (including phenoxy) is 1. The molecule has 0 radical (unpaired) electrons. The first-order chi connectivity index (χ1) is 18.8. The van der Waals surface area contributed by atoms with E-state index in [9.17, 15) is 27.9 Å². The van der Waals surface area contributed by atoms with E-state index in [1.807, 2.05) is 6.92 Å². The molecule has 0 aliphatic rings. The second-order valence-corrected chi connectivity index (χ2v) is 10.2. The molecule has 0 unspecified atom stereocenters. The number of carbonyl (C=O) groups excluding carboxylic acids is 1. The Morgan fingerprint density at radius 1 is 1.15 bits per heavy atom. The van der Waals surface area contributed by atoms with Gasteiger partial charge in [-0.25, -0.2) is 14.3 Å². The highest BCUT2D eigenvalue weighted by Gasteiger charge is 2.36. The van der Waals surface area contributed by atoms with Crippen molar-refractivity contribution in [1.82, 2.24) is 4.98 Å². The van der Waals surface area contributed by atoms with Gasteiger partial charge in [0.1, 0.15) is 24.1 Å². The summed E-state index contributed by atoms with van der Waals surface area (Å²) in [4.78, 5) is 30.7. The number of pyridine rings is 1. The van der Waals surface area contributed by atoms with Gasteiger partial charge in [-0.2, -0.15) is 13.2 Å². The van der Waals surface area contributed by atoms with Crippen LogP contribution in [0.3, 0.4) is 0 Å². The van der Waals surface area contributed by atoms with Crippen molar-refractivity contribution in [2.75, 3.05) is 10.6 Å². The highest BCUT2D eigenvalue weighted by atomic mass is 32.1. The van der Waals surface area contributed by atoms with Crippen LogP contribution < -0.4 is 19.9 Å². The number of amides is 1. The fourth-order valence-corrected chi connectivity index (χ4v) is 4.65. The third-order valence-corrected chi connectivity index (χ3v) is 6.72. The first-order valence-corrected chi connectivity index (χ1v) is 13.0. The average Bonchev–Trinajstić information content (AvgIpc) is 3.29. The van der Waals surface area contributed by atoms with E-state index in [1.54, 1.807) is 54.3 Å². The Hall–Kier alpha value is -4.45. The van der Waals surface area contributed by atoms with Crippen molar-refractivity contribution in [3.63, 3.8) is 0 Å². The Morgan fingerprint density at radius 2 is 1.85 bits per heavy atom. The summed E-state index contributed by atoms with van der Waals surface area (Å²) in [5, 5.41) is 12.1. The maximum atomic E-state index is 13.9. The number of halogens is 3. The summed E-state index contributed by atoms with van der Waals surface area (Å²) in [6.07, 6.45) is -1.91. The number of hydrogen-bond acceptors (Lipinski definition) is 6. The van der Waals surface area contributed by atoms with E-state index in [4.69, 9.17) is 10.5 Å². The summed E-state index contributed by atoms with van der Waals surface area (Å²) in [5.41, 5.74) is 6.02. The van der Waals surface area contributed by atoms with Crippen LogP contribution in [0.2, 0.25) is 0 Å². The maximum Gasteiger partial charge on any atom is 0.421 e. The van der Waals surface area contributed by atoms with Gasteiger partial charge in [0.15, 0.2) is 0 Å². The van der Waals surface area contributed by atoms with Crippen LogP contribution in [-0.4, -0.2) is 28.0 Å². The molecule has 1 amide bonds. The van der Waals surface area contributed by atoms with Crippen LogP contribution in [0.1, 0.15) is 51.3 Å². The maximum absolute atomic E-state index is 13.9. The zero-order chi connectivity index (χ0) is 29.2. The minimum Gasteiger partial charge on any atom is -0.478 e. The van der Waals surface area contributed by atoms with Crippen molar-refractivity contribution >= 4 is 34.0 Å². The zero-order valence-electron chi connectivity index (χ0n) is 21.8. The largest absolute Gasteiger partial charge is 0.478 e. The number of nitrogens with two attached hydrogens (primary N) is 1. The summed E-state index contributed by atoms with van der Waals surface area (Å²) in [6, 6.07) is 11.0. The molecular weight excluding hydrogens is 545 g/mol. The third kappa shape index (κ3) is 6.23. The molecule has 0 atom stereocenters. The molecule has 0 spiro atoms. The Balaban J connectivity index is 1.69. The molecule has 0 saturated carbocycles. The van der Waals surface area contributed by atoms with Gasteiger partial charge in [0.25, 0.3) is 5.91 Å². The molecule has 2 aromatic heterocycles. The van der Waals surface area contributed by atoms with Crippen LogP contribution >= 0.6 is 11.3 Å². The lowest BCUT2D eigenvalue weighted by Crippen LogP contribution is -2.38. The molecule has 208 valence electrons. The fourth-order valence-electron chi connectivity index (χ4n) is 4.04. The second kappa shape index (κ2) is 11.3. The molecule has 8 nitrogen and oxygen atoms in total. The summed E-state index contributed by atoms with van der Waals surface area (Å²) >= 11 is 1.25. The number of aromatic nitrogens is 2. The molecule has 2 heterocycles. The first-order valence-electron chi connectivity index (χ1n) is 12.1. The number of carboxylic acid groups (broad SMARTS) is 1. The van der Waals surface area contributed by atoms with Gasteiger partial charge in [-0.15, -0.1) is 0 Å². The Morgan fingerprint density at radius 3 is 2.42 bits per heavy atom. The van der Waals surface area contributed by atoms with Crippen molar-refractivity contribution < 1.29 is 37.2 Å².